The molecule has 0 fully saturated rings. The number of benzene rings is 1. The number of aliphatic imine (C=N–C) groups is 1. The van der Waals surface area contributed by atoms with Gasteiger partial charge in [0.2, 0.25) is 0 Å². The van der Waals surface area contributed by atoms with Crippen molar-refractivity contribution in [3.63, 3.8) is 0 Å². The Morgan fingerprint density at radius 3 is 2.50 bits per heavy atom. The summed E-state index contributed by atoms with van der Waals surface area (Å²) in [6, 6.07) is 4.05. The van der Waals surface area contributed by atoms with Crippen molar-refractivity contribution in [2.24, 2.45) is 4.99 Å². The van der Waals surface area contributed by atoms with Crippen molar-refractivity contribution in [2.45, 2.75) is 6.92 Å². The van der Waals surface area contributed by atoms with Crippen LogP contribution in [0.2, 0.25) is 0 Å². The average molecular weight is 265 g/mol. The van der Waals surface area contributed by atoms with Gasteiger partial charge < -0.3 is 15.3 Å². The van der Waals surface area contributed by atoms with E-state index in [-0.39, 0.29) is 35.1 Å². The summed E-state index contributed by atoms with van der Waals surface area (Å²) in [4.78, 5) is 14.0. The van der Waals surface area contributed by atoms with Gasteiger partial charge in [-0.2, -0.15) is 0 Å². The van der Waals surface area contributed by atoms with Crippen LogP contribution in [-0.4, -0.2) is 33.5 Å². The first-order chi connectivity index (χ1) is 7.00. The molecule has 6 heteroatoms. The summed E-state index contributed by atoms with van der Waals surface area (Å²) in [6.45, 7) is 1.25. The number of phenolic OH excluding ortho intramolecular Hbond substituents is 2. The largest absolute Gasteiger partial charge is 2.00 e. The molecule has 1 aromatic carbocycles. The number of carbonyl (C=O) groups is 1. The minimum absolute atomic E-state index is 0. The van der Waals surface area contributed by atoms with Crippen molar-refractivity contribution in [3.05, 3.63) is 23.8 Å². The molecule has 0 saturated carbocycles. The molecule has 86 valence electrons. The fourth-order valence-corrected chi connectivity index (χ4v) is 1.10. The van der Waals surface area contributed by atoms with Crippen molar-refractivity contribution < 1.29 is 37.2 Å². The van der Waals surface area contributed by atoms with Crippen LogP contribution in [0.15, 0.2) is 23.2 Å². The van der Waals surface area contributed by atoms with Crippen LogP contribution in [0.5, 0.6) is 11.5 Å². The maximum Gasteiger partial charge on any atom is 2.00 e. The monoisotopic (exact) mass is 265 g/mol. The van der Waals surface area contributed by atoms with E-state index in [1.165, 1.54) is 18.2 Å². The Morgan fingerprint density at radius 1 is 1.38 bits per heavy atom. The van der Waals surface area contributed by atoms with Crippen molar-refractivity contribution in [3.8, 4) is 11.5 Å². The molecule has 0 aromatic heterocycles. The Kier molecular flexibility index (Phi) is 5.56. The molecule has 0 amide bonds. The molecule has 0 bridgehead atoms. The van der Waals surface area contributed by atoms with Gasteiger partial charge in [-0.1, -0.05) is 0 Å². The second-order valence-electron chi connectivity index (χ2n) is 3.00. The molecule has 0 aliphatic carbocycles. The second-order valence-corrected chi connectivity index (χ2v) is 3.00. The van der Waals surface area contributed by atoms with Gasteiger partial charge in [0, 0.05) is 17.3 Å². The molecule has 3 N–H and O–H groups in total. The zero-order valence-corrected chi connectivity index (χ0v) is 9.59. The van der Waals surface area contributed by atoms with Gasteiger partial charge in [-0.05, 0) is 19.1 Å². The molecular weight excluding hydrogens is 254 g/mol. The van der Waals surface area contributed by atoms with Crippen molar-refractivity contribution >= 4 is 11.7 Å². The van der Waals surface area contributed by atoms with Gasteiger partial charge in [-0.25, -0.2) is 0 Å². The number of rotatable bonds is 3. The van der Waals surface area contributed by atoms with Crippen molar-refractivity contribution in [2.75, 3.05) is 6.54 Å². The normalized spacial score (nSPS) is 10.7. The number of hydrogen-bond acceptors (Lipinski definition) is 4. The third-order valence-electron chi connectivity index (χ3n) is 1.82. The number of hydrogen-bond donors (Lipinski definition) is 3. The molecule has 0 saturated heterocycles. The zero-order valence-electron chi connectivity index (χ0n) is 8.49. The topological polar surface area (TPSA) is 90.1 Å². The summed E-state index contributed by atoms with van der Waals surface area (Å²) in [5.41, 5.74) is 0.823. The quantitative estimate of drug-likeness (QED) is 0.561. The van der Waals surface area contributed by atoms with Gasteiger partial charge in [0.25, 0.3) is 0 Å². The Morgan fingerprint density at radius 2 is 2.00 bits per heavy atom. The number of phenols is 2. The first kappa shape index (κ1) is 14.5. The van der Waals surface area contributed by atoms with E-state index in [1.807, 2.05) is 0 Å². The Balaban J connectivity index is 0.00000225. The summed E-state index contributed by atoms with van der Waals surface area (Å²) in [5, 5.41) is 26.9. The SMILES string of the molecule is CC(=NCC(=O)O)c1ccc(O)cc1O.[Fe+2]. The average Bonchev–Trinajstić information content (AvgIpc) is 2.14. The van der Waals surface area contributed by atoms with Crippen LogP contribution in [0.1, 0.15) is 12.5 Å². The van der Waals surface area contributed by atoms with Gasteiger partial charge in [0.05, 0.1) is 0 Å². The number of aromatic hydroxyl groups is 2. The maximum absolute atomic E-state index is 10.3. The summed E-state index contributed by atoms with van der Waals surface area (Å²) in [6.07, 6.45) is 0. The van der Waals surface area contributed by atoms with Crippen LogP contribution in [0.3, 0.4) is 0 Å². The molecule has 5 nitrogen and oxygen atoms in total. The third kappa shape index (κ3) is 3.92. The Bertz CT molecular complexity index is 417. The van der Waals surface area contributed by atoms with Crippen LogP contribution in [0.4, 0.5) is 0 Å². The molecule has 1 aromatic rings. The van der Waals surface area contributed by atoms with E-state index in [9.17, 15) is 9.90 Å². The predicted octanol–water partition coefficient (Wildman–Crippen LogP) is 0.989. The molecule has 0 aliphatic heterocycles. The molecular formula is C10H11FeNO4+2. The summed E-state index contributed by atoms with van der Waals surface area (Å²) < 4.78 is 0. The number of aliphatic carboxylic acids is 1. The van der Waals surface area contributed by atoms with E-state index < -0.39 is 5.97 Å². The maximum atomic E-state index is 10.3. The van der Waals surface area contributed by atoms with Gasteiger partial charge in [0.1, 0.15) is 18.0 Å². The smallest absolute Gasteiger partial charge is 0.508 e. The van der Waals surface area contributed by atoms with E-state index >= 15 is 0 Å². The van der Waals surface area contributed by atoms with Crippen LogP contribution in [0.25, 0.3) is 0 Å². The van der Waals surface area contributed by atoms with E-state index in [1.54, 1.807) is 6.92 Å². The van der Waals surface area contributed by atoms with Crippen molar-refractivity contribution in [1.29, 1.82) is 0 Å². The molecule has 0 aliphatic rings. The van der Waals surface area contributed by atoms with E-state index in [0.717, 1.165) is 0 Å². The van der Waals surface area contributed by atoms with Crippen LogP contribution >= 0.6 is 0 Å². The van der Waals surface area contributed by atoms with E-state index in [2.05, 4.69) is 4.99 Å². The first-order valence-electron chi connectivity index (χ1n) is 4.26. The first-order valence-corrected chi connectivity index (χ1v) is 4.26. The van der Waals surface area contributed by atoms with Gasteiger partial charge in [0.15, 0.2) is 0 Å². The van der Waals surface area contributed by atoms with E-state index in [0.29, 0.717) is 11.3 Å². The zero-order chi connectivity index (χ0) is 11.4. The molecule has 0 atom stereocenters. The molecule has 0 unspecified atom stereocenters. The minimum atomic E-state index is -1.03. The van der Waals surface area contributed by atoms with E-state index in [4.69, 9.17) is 10.2 Å². The van der Waals surface area contributed by atoms with Crippen molar-refractivity contribution in [1.82, 2.24) is 0 Å². The summed E-state index contributed by atoms with van der Waals surface area (Å²) in [5.74, 6) is -1.21. The molecule has 0 heterocycles. The fraction of sp³-hybridized carbons (Fsp3) is 0.200. The molecule has 0 spiro atoms. The molecule has 16 heavy (non-hydrogen) atoms. The Hall–Kier alpha value is -1.52. The van der Waals surface area contributed by atoms with Gasteiger partial charge in [-0.3, -0.25) is 9.79 Å². The van der Waals surface area contributed by atoms with Crippen LogP contribution < -0.4 is 0 Å². The number of nitrogens with zero attached hydrogens (tertiary/aromatic N) is 1. The third-order valence-corrected chi connectivity index (χ3v) is 1.82. The molecule has 0 radical (unpaired) electrons. The predicted molar refractivity (Wildman–Crippen MR) is 54.5 cm³/mol. The van der Waals surface area contributed by atoms with Gasteiger partial charge >= 0.3 is 23.0 Å². The standard InChI is InChI=1S/C10H11NO4.Fe/c1-6(11-5-10(14)15)8-3-2-7(12)4-9(8)13;/h2-4,12-13H,5H2,1H3,(H,14,15);/q;+2. The minimum Gasteiger partial charge on any atom is -0.508 e. The number of carboxylic acid groups (broad SMARTS) is 1. The fourth-order valence-electron chi connectivity index (χ4n) is 1.10. The van der Waals surface area contributed by atoms with Crippen LogP contribution in [-0.2, 0) is 21.9 Å². The van der Waals surface area contributed by atoms with Gasteiger partial charge in [-0.15, -0.1) is 0 Å². The van der Waals surface area contributed by atoms with Crippen LogP contribution in [0, 0.1) is 0 Å². The Labute approximate surface area is 103 Å². The number of carboxylic acids is 1. The summed E-state index contributed by atoms with van der Waals surface area (Å²) >= 11 is 0. The second kappa shape index (κ2) is 6.15. The molecule has 1 rings (SSSR count). The summed E-state index contributed by atoms with van der Waals surface area (Å²) in [7, 11) is 0.